The Morgan fingerprint density at radius 3 is 3.08 bits per heavy atom. The molecule has 0 bridgehead atoms. The van der Waals surface area contributed by atoms with Gasteiger partial charge in [0.05, 0.1) is 0 Å². The fraction of sp³-hybridized carbons (Fsp3) is 0.667. The van der Waals surface area contributed by atoms with E-state index in [0.29, 0.717) is 6.04 Å². The SMILES string of the molecule is C=CC(C)NCCC1=CCCCC1. The van der Waals surface area contributed by atoms with Gasteiger partial charge in [0, 0.05) is 6.04 Å². The molecule has 0 spiro atoms. The minimum atomic E-state index is 0.448. The largest absolute Gasteiger partial charge is 0.310 e. The molecule has 13 heavy (non-hydrogen) atoms. The molecular formula is C12H21N. The number of hydrogen-bond acceptors (Lipinski definition) is 1. The number of rotatable bonds is 5. The van der Waals surface area contributed by atoms with Gasteiger partial charge in [-0.05, 0) is 45.6 Å². The Hall–Kier alpha value is -0.560. The van der Waals surface area contributed by atoms with Gasteiger partial charge in [-0.3, -0.25) is 0 Å². The van der Waals surface area contributed by atoms with Gasteiger partial charge in [-0.15, -0.1) is 6.58 Å². The normalized spacial score (nSPS) is 19.3. The van der Waals surface area contributed by atoms with Crippen molar-refractivity contribution in [1.82, 2.24) is 5.32 Å². The van der Waals surface area contributed by atoms with E-state index in [1.807, 2.05) is 6.08 Å². The van der Waals surface area contributed by atoms with Crippen LogP contribution in [0.1, 0.15) is 39.0 Å². The lowest BCUT2D eigenvalue weighted by Gasteiger charge is -2.14. The van der Waals surface area contributed by atoms with Gasteiger partial charge in [-0.25, -0.2) is 0 Å². The fourth-order valence-corrected chi connectivity index (χ4v) is 1.68. The van der Waals surface area contributed by atoms with Crippen molar-refractivity contribution < 1.29 is 0 Å². The van der Waals surface area contributed by atoms with E-state index in [-0.39, 0.29) is 0 Å². The number of hydrogen-bond donors (Lipinski definition) is 1. The molecule has 0 aliphatic heterocycles. The Morgan fingerprint density at radius 1 is 1.62 bits per heavy atom. The maximum atomic E-state index is 3.75. The number of allylic oxidation sites excluding steroid dienone is 1. The highest BCUT2D eigenvalue weighted by atomic mass is 14.9. The van der Waals surface area contributed by atoms with Gasteiger partial charge in [0.2, 0.25) is 0 Å². The van der Waals surface area contributed by atoms with E-state index >= 15 is 0 Å². The molecular weight excluding hydrogens is 158 g/mol. The summed E-state index contributed by atoms with van der Waals surface area (Å²) >= 11 is 0. The van der Waals surface area contributed by atoms with Gasteiger partial charge in [-0.2, -0.15) is 0 Å². The van der Waals surface area contributed by atoms with Crippen molar-refractivity contribution in [2.24, 2.45) is 0 Å². The van der Waals surface area contributed by atoms with Crippen LogP contribution in [-0.4, -0.2) is 12.6 Å². The van der Waals surface area contributed by atoms with Crippen molar-refractivity contribution in [3.63, 3.8) is 0 Å². The van der Waals surface area contributed by atoms with Crippen molar-refractivity contribution in [3.05, 3.63) is 24.3 Å². The lowest BCUT2D eigenvalue weighted by atomic mass is 9.97. The molecule has 0 saturated carbocycles. The molecule has 0 fully saturated rings. The van der Waals surface area contributed by atoms with E-state index in [4.69, 9.17) is 0 Å². The van der Waals surface area contributed by atoms with Gasteiger partial charge < -0.3 is 5.32 Å². The Morgan fingerprint density at radius 2 is 2.46 bits per heavy atom. The summed E-state index contributed by atoms with van der Waals surface area (Å²) in [6.45, 7) is 6.99. The molecule has 0 aromatic rings. The smallest absolute Gasteiger partial charge is 0.0219 e. The monoisotopic (exact) mass is 179 g/mol. The second-order valence-electron chi connectivity index (χ2n) is 3.84. The van der Waals surface area contributed by atoms with E-state index in [1.165, 1.54) is 32.1 Å². The predicted octanol–water partition coefficient (Wildman–Crippen LogP) is 3.04. The average molecular weight is 179 g/mol. The second kappa shape index (κ2) is 5.98. The van der Waals surface area contributed by atoms with E-state index in [1.54, 1.807) is 5.57 Å². The van der Waals surface area contributed by atoms with Crippen LogP contribution in [0.25, 0.3) is 0 Å². The molecule has 0 aromatic heterocycles. The predicted molar refractivity (Wildman–Crippen MR) is 58.8 cm³/mol. The van der Waals surface area contributed by atoms with Gasteiger partial charge in [-0.1, -0.05) is 17.7 Å². The lowest BCUT2D eigenvalue weighted by molar-refractivity contribution is 0.604. The molecule has 0 radical (unpaired) electrons. The first-order valence-electron chi connectivity index (χ1n) is 5.37. The quantitative estimate of drug-likeness (QED) is 0.640. The van der Waals surface area contributed by atoms with Gasteiger partial charge in [0.25, 0.3) is 0 Å². The van der Waals surface area contributed by atoms with Gasteiger partial charge in [0.15, 0.2) is 0 Å². The third kappa shape index (κ3) is 4.28. The van der Waals surface area contributed by atoms with Crippen LogP contribution in [-0.2, 0) is 0 Å². The Labute approximate surface area is 81.9 Å². The zero-order chi connectivity index (χ0) is 9.52. The highest BCUT2D eigenvalue weighted by Gasteiger charge is 2.03. The van der Waals surface area contributed by atoms with Crippen molar-refractivity contribution in [1.29, 1.82) is 0 Å². The van der Waals surface area contributed by atoms with Crippen LogP contribution in [0.3, 0.4) is 0 Å². The molecule has 1 atom stereocenters. The first-order valence-corrected chi connectivity index (χ1v) is 5.37. The van der Waals surface area contributed by atoms with Gasteiger partial charge in [0.1, 0.15) is 0 Å². The van der Waals surface area contributed by atoms with Crippen molar-refractivity contribution in [2.75, 3.05) is 6.54 Å². The zero-order valence-corrected chi connectivity index (χ0v) is 8.68. The average Bonchev–Trinajstić information content (AvgIpc) is 2.19. The first-order chi connectivity index (χ1) is 6.33. The minimum absolute atomic E-state index is 0.448. The summed E-state index contributed by atoms with van der Waals surface area (Å²) < 4.78 is 0. The van der Waals surface area contributed by atoms with Crippen LogP contribution in [0.15, 0.2) is 24.3 Å². The van der Waals surface area contributed by atoms with E-state index in [2.05, 4.69) is 24.9 Å². The van der Waals surface area contributed by atoms with E-state index in [0.717, 1.165) is 6.54 Å². The highest BCUT2D eigenvalue weighted by molar-refractivity contribution is 5.05. The van der Waals surface area contributed by atoms with Gasteiger partial charge >= 0.3 is 0 Å². The molecule has 0 heterocycles. The molecule has 1 unspecified atom stereocenters. The summed E-state index contributed by atoms with van der Waals surface area (Å²) in [5.74, 6) is 0. The molecule has 1 aliphatic carbocycles. The zero-order valence-electron chi connectivity index (χ0n) is 8.68. The van der Waals surface area contributed by atoms with Crippen LogP contribution in [0.4, 0.5) is 0 Å². The van der Waals surface area contributed by atoms with Crippen LogP contribution in [0.2, 0.25) is 0 Å². The molecule has 0 saturated heterocycles. The molecule has 1 nitrogen and oxygen atoms in total. The first kappa shape index (κ1) is 10.5. The molecule has 0 aromatic carbocycles. The summed E-state index contributed by atoms with van der Waals surface area (Å²) in [7, 11) is 0. The molecule has 74 valence electrons. The second-order valence-corrected chi connectivity index (χ2v) is 3.84. The van der Waals surface area contributed by atoms with Crippen LogP contribution < -0.4 is 5.32 Å². The van der Waals surface area contributed by atoms with Crippen molar-refractivity contribution in [3.8, 4) is 0 Å². The summed E-state index contributed by atoms with van der Waals surface area (Å²) in [6.07, 6.45) is 11.0. The summed E-state index contributed by atoms with van der Waals surface area (Å²) in [4.78, 5) is 0. The molecule has 0 amide bonds. The summed E-state index contributed by atoms with van der Waals surface area (Å²) in [6, 6.07) is 0.448. The summed E-state index contributed by atoms with van der Waals surface area (Å²) in [5.41, 5.74) is 1.65. The molecule has 1 aliphatic rings. The Kier molecular flexibility index (Phi) is 4.84. The Balaban J connectivity index is 2.11. The van der Waals surface area contributed by atoms with Crippen molar-refractivity contribution in [2.45, 2.75) is 45.1 Å². The molecule has 1 rings (SSSR count). The number of nitrogens with one attached hydrogen (secondary N) is 1. The van der Waals surface area contributed by atoms with Crippen LogP contribution >= 0.6 is 0 Å². The minimum Gasteiger partial charge on any atom is -0.310 e. The molecule has 1 heteroatoms. The molecule has 1 N–H and O–H groups in total. The Bertz CT molecular complexity index is 182. The highest BCUT2D eigenvalue weighted by Crippen LogP contribution is 2.19. The van der Waals surface area contributed by atoms with E-state index in [9.17, 15) is 0 Å². The van der Waals surface area contributed by atoms with Crippen LogP contribution in [0.5, 0.6) is 0 Å². The van der Waals surface area contributed by atoms with E-state index < -0.39 is 0 Å². The third-order valence-electron chi connectivity index (χ3n) is 2.65. The maximum Gasteiger partial charge on any atom is 0.0219 e. The topological polar surface area (TPSA) is 12.0 Å². The third-order valence-corrected chi connectivity index (χ3v) is 2.65. The fourth-order valence-electron chi connectivity index (χ4n) is 1.68. The maximum absolute atomic E-state index is 3.75. The lowest BCUT2D eigenvalue weighted by Crippen LogP contribution is -2.25. The van der Waals surface area contributed by atoms with Crippen molar-refractivity contribution >= 4 is 0 Å². The summed E-state index contributed by atoms with van der Waals surface area (Å²) in [5, 5.41) is 3.42. The standard InChI is InChI=1S/C12H21N/c1-3-11(2)13-10-9-12-7-5-4-6-8-12/h3,7,11,13H,1,4-6,8-10H2,2H3. The van der Waals surface area contributed by atoms with Crippen LogP contribution in [0, 0.1) is 0 Å².